The molecule has 0 unspecified atom stereocenters. The minimum atomic E-state index is -3.30. The largest absolute Gasteiger partial charge is 0.307 e. The molecule has 3 aromatic heterocycles. The SMILES string of the molecule is CCS(=O)(=O)N1CC(CC#N)(n2cc(-c3nc(Nc4ccn(C)n4)ncc3C)cn2)C1.Cl. The lowest BCUT2D eigenvalue weighted by Gasteiger charge is -2.47. The van der Waals surface area contributed by atoms with Gasteiger partial charge >= 0.3 is 0 Å². The highest BCUT2D eigenvalue weighted by atomic mass is 35.5. The summed E-state index contributed by atoms with van der Waals surface area (Å²) in [6.07, 6.45) is 7.19. The Morgan fingerprint density at radius 1 is 1.31 bits per heavy atom. The molecule has 1 N–H and O–H groups in total. The summed E-state index contributed by atoms with van der Waals surface area (Å²) in [6.45, 7) is 3.97. The van der Waals surface area contributed by atoms with Crippen LogP contribution >= 0.6 is 12.4 Å². The Morgan fingerprint density at radius 2 is 2.06 bits per heavy atom. The first-order valence-electron chi connectivity index (χ1n) is 9.77. The molecule has 1 aliphatic rings. The average molecular weight is 478 g/mol. The quantitative estimate of drug-likeness (QED) is 0.544. The van der Waals surface area contributed by atoms with Gasteiger partial charge in [-0.2, -0.15) is 19.8 Å². The van der Waals surface area contributed by atoms with Crippen LogP contribution < -0.4 is 5.32 Å². The molecule has 11 nitrogen and oxygen atoms in total. The molecule has 3 aromatic rings. The van der Waals surface area contributed by atoms with Gasteiger partial charge in [0.1, 0.15) is 5.54 Å². The van der Waals surface area contributed by atoms with E-state index in [9.17, 15) is 13.7 Å². The number of aromatic nitrogens is 6. The summed E-state index contributed by atoms with van der Waals surface area (Å²) in [6, 6.07) is 3.99. The van der Waals surface area contributed by atoms with Crippen LogP contribution in [0.2, 0.25) is 0 Å². The number of aryl methyl sites for hydroxylation is 2. The van der Waals surface area contributed by atoms with E-state index >= 15 is 0 Å². The number of nitriles is 1. The molecule has 0 aliphatic carbocycles. The number of nitrogens with zero attached hydrogens (tertiary/aromatic N) is 8. The highest BCUT2D eigenvalue weighted by Crippen LogP contribution is 2.35. The molecule has 1 aliphatic heterocycles. The first kappa shape index (κ1) is 23.6. The van der Waals surface area contributed by atoms with Gasteiger partial charge in [0.05, 0.1) is 30.1 Å². The molecule has 0 atom stereocenters. The number of anilines is 2. The zero-order valence-electron chi connectivity index (χ0n) is 17.9. The van der Waals surface area contributed by atoms with E-state index < -0.39 is 15.6 Å². The number of nitrogens with one attached hydrogen (secondary N) is 1. The fraction of sp³-hybridized carbons (Fsp3) is 0.421. The van der Waals surface area contributed by atoms with Gasteiger partial charge in [0.25, 0.3) is 0 Å². The van der Waals surface area contributed by atoms with E-state index in [-0.39, 0.29) is 37.7 Å². The number of hydrogen-bond acceptors (Lipinski definition) is 8. The van der Waals surface area contributed by atoms with Crippen LogP contribution in [0.5, 0.6) is 0 Å². The first-order valence-corrected chi connectivity index (χ1v) is 11.4. The van der Waals surface area contributed by atoms with Crippen molar-refractivity contribution in [2.24, 2.45) is 7.05 Å². The molecular weight excluding hydrogens is 454 g/mol. The van der Waals surface area contributed by atoms with Crippen LogP contribution in [0.15, 0.2) is 30.9 Å². The van der Waals surface area contributed by atoms with E-state index in [1.54, 1.807) is 28.7 Å². The van der Waals surface area contributed by atoms with Crippen molar-refractivity contribution in [1.82, 2.24) is 33.8 Å². The molecule has 0 amide bonds. The Hall–Kier alpha value is -3.01. The van der Waals surface area contributed by atoms with E-state index in [0.29, 0.717) is 17.5 Å². The summed E-state index contributed by atoms with van der Waals surface area (Å²) in [4.78, 5) is 8.92. The van der Waals surface area contributed by atoms with Crippen molar-refractivity contribution >= 4 is 34.2 Å². The lowest BCUT2D eigenvalue weighted by molar-refractivity contribution is 0.0719. The lowest BCUT2D eigenvalue weighted by Crippen LogP contribution is -2.64. The molecule has 0 aromatic carbocycles. The van der Waals surface area contributed by atoms with Gasteiger partial charge in [0.2, 0.25) is 16.0 Å². The number of hydrogen-bond donors (Lipinski definition) is 1. The third-order valence-electron chi connectivity index (χ3n) is 5.37. The second kappa shape index (κ2) is 8.85. The second-order valence-electron chi connectivity index (χ2n) is 7.63. The van der Waals surface area contributed by atoms with Crippen molar-refractivity contribution in [3.63, 3.8) is 0 Å². The molecule has 13 heteroatoms. The minimum absolute atomic E-state index is 0. The number of halogens is 1. The third-order valence-corrected chi connectivity index (χ3v) is 7.15. The van der Waals surface area contributed by atoms with E-state index in [0.717, 1.165) is 11.1 Å². The van der Waals surface area contributed by atoms with E-state index in [1.807, 2.05) is 32.4 Å². The molecule has 0 radical (unpaired) electrons. The molecule has 4 heterocycles. The Labute approximate surface area is 192 Å². The average Bonchev–Trinajstić information content (AvgIpc) is 3.35. The second-order valence-corrected chi connectivity index (χ2v) is 9.88. The predicted octanol–water partition coefficient (Wildman–Crippen LogP) is 1.82. The summed E-state index contributed by atoms with van der Waals surface area (Å²) in [5.41, 5.74) is 1.65. The fourth-order valence-corrected chi connectivity index (χ4v) is 4.81. The maximum Gasteiger partial charge on any atom is 0.228 e. The lowest BCUT2D eigenvalue weighted by atomic mass is 9.89. The van der Waals surface area contributed by atoms with Crippen LogP contribution in [0, 0.1) is 18.3 Å². The fourth-order valence-electron chi connectivity index (χ4n) is 3.57. The van der Waals surface area contributed by atoms with E-state index in [1.165, 1.54) is 4.31 Å². The molecule has 32 heavy (non-hydrogen) atoms. The third kappa shape index (κ3) is 4.32. The topological polar surface area (TPSA) is 135 Å². The van der Waals surface area contributed by atoms with Crippen molar-refractivity contribution in [3.8, 4) is 17.3 Å². The Kier molecular flexibility index (Phi) is 6.54. The van der Waals surface area contributed by atoms with E-state index in [2.05, 4.69) is 31.6 Å². The highest BCUT2D eigenvalue weighted by molar-refractivity contribution is 7.89. The monoisotopic (exact) mass is 477 g/mol. The van der Waals surface area contributed by atoms with Crippen molar-refractivity contribution in [2.45, 2.75) is 25.8 Å². The molecule has 170 valence electrons. The van der Waals surface area contributed by atoms with Crippen LogP contribution in [-0.2, 0) is 22.6 Å². The van der Waals surface area contributed by atoms with Gasteiger partial charge in [0, 0.05) is 50.4 Å². The van der Waals surface area contributed by atoms with E-state index in [4.69, 9.17) is 0 Å². The van der Waals surface area contributed by atoms with Gasteiger partial charge in [0.15, 0.2) is 5.82 Å². The molecule has 4 rings (SSSR count). The van der Waals surface area contributed by atoms with Gasteiger partial charge in [-0.05, 0) is 19.4 Å². The van der Waals surface area contributed by atoms with Gasteiger partial charge in [-0.3, -0.25) is 9.36 Å². The number of sulfonamides is 1. The molecule has 0 saturated carbocycles. The molecule has 0 bridgehead atoms. The Bertz CT molecular complexity index is 1260. The van der Waals surface area contributed by atoms with Crippen LogP contribution in [0.3, 0.4) is 0 Å². The van der Waals surface area contributed by atoms with Gasteiger partial charge in [-0.15, -0.1) is 12.4 Å². The minimum Gasteiger partial charge on any atom is -0.307 e. The van der Waals surface area contributed by atoms with Crippen molar-refractivity contribution in [1.29, 1.82) is 5.26 Å². The predicted molar refractivity (Wildman–Crippen MR) is 121 cm³/mol. The molecule has 1 saturated heterocycles. The number of rotatable bonds is 7. The maximum atomic E-state index is 12.1. The van der Waals surface area contributed by atoms with Crippen LogP contribution in [0.4, 0.5) is 11.8 Å². The summed E-state index contributed by atoms with van der Waals surface area (Å²) in [7, 11) is -1.47. The first-order chi connectivity index (χ1) is 14.8. The Morgan fingerprint density at radius 3 is 2.69 bits per heavy atom. The van der Waals surface area contributed by atoms with Crippen molar-refractivity contribution in [2.75, 3.05) is 24.2 Å². The van der Waals surface area contributed by atoms with Gasteiger partial charge in [-0.1, -0.05) is 0 Å². The van der Waals surface area contributed by atoms with Crippen molar-refractivity contribution in [3.05, 3.63) is 36.4 Å². The van der Waals surface area contributed by atoms with Crippen molar-refractivity contribution < 1.29 is 8.42 Å². The Balaban J connectivity index is 0.00000289. The van der Waals surface area contributed by atoms with Gasteiger partial charge < -0.3 is 5.32 Å². The molecular formula is C19H24ClN9O2S. The highest BCUT2D eigenvalue weighted by Gasteiger charge is 2.49. The molecule has 1 fully saturated rings. The standard InChI is InChI=1S/C19H23N9O2S.ClH/c1-4-31(29,30)27-12-19(13-27,6-7-20)28-11-15(10-22-28)17-14(2)9-21-18(24-17)23-16-5-8-26(3)25-16;/h5,8-11H,4,6,12-13H2,1-3H3,(H,21,23,24,25);1H. The smallest absolute Gasteiger partial charge is 0.228 e. The summed E-state index contributed by atoms with van der Waals surface area (Å²) in [5.74, 6) is 1.07. The maximum absolute atomic E-state index is 12.1. The summed E-state index contributed by atoms with van der Waals surface area (Å²) >= 11 is 0. The van der Waals surface area contributed by atoms with Crippen LogP contribution in [0.1, 0.15) is 18.9 Å². The zero-order chi connectivity index (χ0) is 22.2. The van der Waals surface area contributed by atoms with Gasteiger partial charge in [-0.25, -0.2) is 18.4 Å². The zero-order valence-corrected chi connectivity index (χ0v) is 19.6. The van der Waals surface area contributed by atoms with Crippen LogP contribution in [0.25, 0.3) is 11.3 Å². The summed E-state index contributed by atoms with van der Waals surface area (Å²) < 4.78 is 29.1. The van der Waals surface area contributed by atoms with Crippen LogP contribution in [-0.4, -0.2) is 61.1 Å². The summed E-state index contributed by atoms with van der Waals surface area (Å²) in [5, 5.41) is 21.1. The molecule has 0 spiro atoms. The normalized spacial score (nSPS) is 15.4.